The number of benzene rings is 1. The van der Waals surface area contributed by atoms with Crippen molar-refractivity contribution < 1.29 is 9.90 Å². The molecule has 4 bridgehead atoms. The molecule has 0 aromatic heterocycles. The predicted octanol–water partition coefficient (Wildman–Crippen LogP) is 6.47. The van der Waals surface area contributed by atoms with Crippen molar-refractivity contribution in [2.45, 2.75) is 121 Å². The summed E-state index contributed by atoms with van der Waals surface area (Å²) in [4.78, 5) is 22.6. The first kappa shape index (κ1) is 26.8. The van der Waals surface area contributed by atoms with Crippen molar-refractivity contribution in [1.82, 2.24) is 9.80 Å². The molecule has 6 aliphatic rings. The summed E-state index contributed by atoms with van der Waals surface area (Å²) in [5.41, 5.74) is 3.76. The topological polar surface area (TPSA) is 50.3 Å². The average molecular weight is 547 g/mol. The van der Waals surface area contributed by atoms with Gasteiger partial charge in [-0.1, -0.05) is 51.2 Å². The van der Waals surface area contributed by atoms with Gasteiger partial charge in [0.05, 0.1) is 11.4 Å². The molecule has 6 nitrogen and oxygen atoms in total. The quantitative estimate of drug-likeness (QED) is 0.457. The van der Waals surface area contributed by atoms with Crippen LogP contribution in [0.4, 0.5) is 11.4 Å². The highest BCUT2D eigenvalue weighted by molar-refractivity contribution is 5.88. The Labute approximate surface area is 241 Å². The Kier molecular flexibility index (Phi) is 7.59. The molecule has 1 N–H and O–H groups in total. The highest BCUT2D eigenvalue weighted by Gasteiger charge is 2.48. The molecule has 1 aromatic rings. The first-order valence-electron chi connectivity index (χ1n) is 16.7. The number of piperidine rings is 3. The number of carboxylic acid groups (broad SMARTS) is 1. The lowest BCUT2D eigenvalue weighted by Gasteiger charge is -2.56. The van der Waals surface area contributed by atoms with Crippen LogP contribution in [0, 0.1) is 11.8 Å². The molecular weight excluding hydrogens is 496 g/mol. The van der Waals surface area contributed by atoms with Gasteiger partial charge in [-0.3, -0.25) is 14.6 Å². The summed E-state index contributed by atoms with van der Waals surface area (Å²) >= 11 is 0. The maximum Gasteiger partial charge on any atom is 0.323 e. The Morgan fingerprint density at radius 3 is 2.20 bits per heavy atom. The van der Waals surface area contributed by atoms with Crippen molar-refractivity contribution in [1.29, 1.82) is 0 Å². The van der Waals surface area contributed by atoms with Gasteiger partial charge in [-0.2, -0.15) is 0 Å². The molecule has 40 heavy (non-hydrogen) atoms. The van der Waals surface area contributed by atoms with E-state index in [9.17, 15) is 9.90 Å². The summed E-state index contributed by atoms with van der Waals surface area (Å²) in [5, 5.41) is 10.0. The van der Waals surface area contributed by atoms with E-state index < -0.39 is 5.97 Å². The van der Waals surface area contributed by atoms with Gasteiger partial charge in [0.1, 0.15) is 12.4 Å². The lowest BCUT2D eigenvalue weighted by molar-refractivity contribution is -0.135. The number of para-hydroxylation sites is 2. The molecule has 0 spiro atoms. The molecule has 0 amide bonds. The number of likely N-dealkylation sites (tertiary alicyclic amines) is 1. The molecule has 0 radical (unpaired) electrons. The molecule has 218 valence electrons. The lowest BCUT2D eigenvalue weighted by atomic mass is 9.73. The van der Waals surface area contributed by atoms with Crippen LogP contribution in [0.25, 0.3) is 0 Å². The van der Waals surface area contributed by atoms with Gasteiger partial charge in [0, 0.05) is 30.7 Å². The number of carboxylic acids is 1. The summed E-state index contributed by atoms with van der Waals surface area (Å²) in [6.45, 7) is 5.44. The van der Waals surface area contributed by atoms with E-state index in [-0.39, 0.29) is 6.54 Å². The zero-order valence-corrected chi connectivity index (χ0v) is 24.6. The second-order valence-corrected chi connectivity index (χ2v) is 13.9. The van der Waals surface area contributed by atoms with Crippen molar-refractivity contribution in [2.75, 3.05) is 36.0 Å². The fraction of sp³-hybridized carbons (Fsp3) is 0.735. The van der Waals surface area contributed by atoms with Crippen LogP contribution >= 0.6 is 0 Å². The van der Waals surface area contributed by atoms with Gasteiger partial charge in [0.2, 0.25) is 0 Å². The molecule has 2 saturated carbocycles. The summed E-state index contributed by atoms with van der Waals surface area (Å²) in [6.07, 6.45) is 18.9. The molecule has 5 fully saturated rings. The fourth-order valence-corrected chi connectivity index (χ4v) is 9.98. The largest absolute Gasteiger partial charge is 0.480 e. The van der Waals surface area contributed by atoms with Crippen LogP contribution in [0.15, 0.2) is 35.7 Å². The molecular formula is C34H50N4O2. The van der Waals surface area contributed by atoms with Crippen LogP contribution in [0.2, 0.25) is 0 Å². The number of hydrogen-bond acceptors (Lipinski definition) is 5. The van der Waals surface area contributed by atoms with Crippen LogP contribution in [0.1, 0.15) is 96.8 Å². The fourth-order valence-electron chi connectivity index (χ4n) is 9.98. The normalized spacial score (nSPS) is 36.8. The average Bonchev–Trinajstić information content (AvgIpc) is 3.17. The number of anilines is 2. The van der Waals surface area contributed by atoms with E-state index >= 15 is 0 Å². The van der Waals surface area contributed by atoms with Crippen molar-refractivity contribution in [3.05, 3.63) is 35.7 Å². The van der Waals surface area contributed by atoms with Gasteiger partial charge >= 0.3 is 5.97 Å². The highest BCUT2D eigenvalue weighted by atomic mass is 16.4. The van der Waals surface area contributed by atoms with Crippen LogP contribution in [0.3, 0.4) is 0 Å². The summed E-state index contributed by atoms with van der Waals surface area (Å²) in [7, 11) is 0. The van der Waals surface area contributed by atoms with E-state index in [2.05, 4.69) is 50.8 Å². The van der Waals surface area contributed by atoms with Gasteiger partial charge < -0.3 is 14.9 Å². The zero-order chi connectivity index (χ0) is 27.2. The van der Waals surface area contributed by atoms with Crippen molar-refractivity contribution in [2.24, 2.45) is 11.8 Å². The summed E-state index contributed by atoms with van der Waals surface area (Å²) < 4.78 is 0. The Bertz CT molecular complexity index is 1090. The maximum atomic E-state index is 12.2. The van der Waals surface area contributed by atoms with Gasteiger partial charge in [-0.05, 0) is 100 Å². The second-order valence-electron chi connectivity index (χ2n) is 13.9. The third kappa shape index (κ3) is 4.98. The molecule has 7 rings (SSSR count). The molecule has 4 heterocycles. The minimum Gasteiger partial charge on any atom is -0.480 e. The number of fused-ring (bicyclic) bond motifs is 5. The van der Waals surface area contributed by atoms with E-state index in [0.717, 1.165) is 56.0 Å². The van der Waals surface area contributed by atoms with Crippen molar-refractivity contribution >= 4 is 17.3 Å². The third-order valence-electron chi connectivity index (χ3n) is 11.5. The van der Waals surface area contributed by atoms with Gasteiger partial charge in [-0.25, -0.2) is 0 Å². The zero-order valence-electron chi connectivity index (χ0n) is 24.6. The van der Waals surface area contributed by atoms with Crippen molar-refractivity contribution in [3.63, 3.8) is 0 Å². The third-order valence-corrected chi connectivity index (χ3v) is 11.5. The van der Waals surface area contributed by atoms with E-state index in [1.807, 2.05) is 0 Å². The van der Waals surface area contributed by atoms with Crippen LogP contribution in [0.5, 0.6) is 0 Å². The number of carbonyl (C=O) groups is 1. The lowest BCUT2D eigenvalue weighted by Crippen LogP contribution is -2.61. The maximum absolute atomic E-state index is 12.2. The molecule has 6 heteroatoms. The minimum absolute atomic E-state index is 0.0367. The first-order valence-corrected chi connectivity index (χ1v) is 16.7. The Morgan fingerprint density at radius 1 is 0.825 bits per heavy atom. The van der Waals surface area contributed by atoms with Crippen LogP contribution < -0.4 is 9.80 Å². The first-order chi connectivity index (χ1) is 19.6. The summed E-state index contributed by atoms with van der Waals surface area (Å²) in [5.74, 6) is 2.39. The number of hydrogen-bond donors (Lipinski definition) is 1. The predicted molar refractivity (Wildman–Crippen MR) is 162 cm³/mol. The second kappa shape index (κ2) is 11.3. The molecule has 2 aliphatic carbocycles. The number of aliphatic carboxylic acids is 1. The smallest absolute Gasteiger partial charge is 0.323 e. The van der Waals surface area contributed by atoms with E-state index in [0.29, 0.717) is 18.1 Å². The molecule has 4 aliphatic heterocycles. The highest BCUT2D eigenvalue weighted by Crippen LogP contribution is 2.50. The summed E-state index contributed by atoms with van der Waals surface area (Å²) in [6, 6.07) is 11.2. The van der Waals surface area contributed by atoms with E-state index in [4.69, 9.17) is 0 Å². The molecule has 3 saturated heterocycles. The SMILES string of the molecule is CCN1CCC/C(=C2/N(CC(=O)O)c3ccccc3N2[C@H]2C[C@H]3CCC[C@@H](C2)N3[C@@H]2C[C@@H]3CCCC[C@@H](C3)C2)C1. The number of rotatable bonds is 5. The van der Waals surface area contributed by atoms with Gasteiger partial charge in [-0.15, -0.1) is 0 Å². The monoisotopic (exact) mass is 546 g/mol. The molecule has 0 unspecified atom stereocenters. The molecule has 6 atom stereocenters. The number of nitrogens with zero attached hydrogens (tertiary/aromatic N) is 4. The van der Waals surface area contributed by atoms with Crippen molar-refractivity contribution in [3.8, 4) is 0 Å². The Morgan fingerprint density at radius 2 is 1.52 bits per heavy atom. The van der Waals surface area contributed by atoms with Crippen LogP contribution in [-0.2, 0) is 4.79 Å². The molecule has 1 aromatic carbocycles. The minimum atomic E-state index is -0.747. The van der Waals surface area contributed by atoms with E-state index in [1.165, 1.54) is 94.1 Å². The number of likely N-dealkylation sites (N-methyl/N-ethyl adjacent to an activating group) is 1. The Balaban J connectivity index is 1.22. The Hall–Kier alpha value is -2.05. The van der Waals surface area contributed by atoms with Gasteiger partial charge in [0.25, 0.3) is 0 Å². The van der Waals surface area contributed by atoms with Crippen LogP contribution in [-0.4, -0.2) is 71.2 Å². The van der Waals surface area contributed by atoms with E-state index in [1.54, 1.807) is 0 Å². The standard InChI is InChI=1S/C34H50N4O2/c1-2-35-16-8-11-26(22-35)34-36(23-33(39)40)31-14-5-6-15-32(31)38(34)30-20-27-12-7-13-28(21-30)37(27)29-18-24-9-3-4-10-25(17-24)19-29/h5-6,14-15,24-25,27-30H,2-4,7-13,16-23H2,1H3,(H,39,40)/b34-26+/t24-,25+,27-,28+,29-,30+. The van der Waals surface area contributed by atoms with Gasteiger partial charge in [0.15, 0.2) is 0 Å².